The van der Waals surface area contributed by atoms with Gasteiger partial charge in [-0.25, -0.2) is 4.39 Å². The van der Waals surface area contributed by atoms with Gasteiger partial charge in [0.25, 0.3) is 5.91 Å². The number of halogens is 2. The van der Waals surface area contributed by atoms with Crippen LogP contribution in [0.3, 0.4) is 0 Å². The molecule has 0 heterocycles. The minimum atomic E-state index is -0.578. The van der Waals surface area contributed by atoms with Gasteiger partial charge in [-0.05, 0) is 42.7 Å². The lowest BCUT2D eigenvalue weighted by Crippen LogP contribution is -2.27. The first-order valence-corrected chi connectivity index (χ1v) is 7.23. The third-order valence-electron chi connectivity index (χ3n) is 3.41. The van der Waals surface area contributed by atoms with Crippen LogP contribution >= 0.6 is 11.6 Å². The van der Waals surface area contributed by atoms with Crippen molar-refractivity contribution in [2.75, 3.05) is 0 Å². The van der Waals surface area contributed by atoms with Crippen LogP contribution in [0, 0.1) is 5.82 Å². The molecular weight excluding hydrogens is 289 g/mol. The van der Waals surface area contributed by atoms with E-state index in [4.69, 9.17) is 11.6 Å². The van der Waals surface area contributed by atoms with Crippen LogP contribution in [0.2, 0.25) is 5.02 Å². The zero-order chi connectivity index (χ0) is 15.4. The first-order chi connectivity index (χ1) is 10.0. The highest BCUT2D eigenvalue weighted by molar-refractivity contribution is 6.31. The van der Waals surface area contributed by atoms with E-state index in [-0.39, 0.29) is 11.6 Å². The van der Waals surface area contributed by atoms with Crippen molar-refractivity contribution in [3.8, 4) is 0 Å². The standard InChI is InChI=1S/C17H17ClFNO/c1-3-12-4-6-13(7-5-12)11(2)20-17(21)15-10-14(18)8-9-16(15)19/h4-11H,3H2,1-2H3,(H,20,21). The fraction of sp³-hybridized carbons (Fsp3) is 0.235. The molecule has 0 radical (unpaired) electrons. The van der Waals surface area contributed by atoms with Crippen LogP contribution in [0.25, 0.3) is 0 Å². The van der Waals surface area contributed by atoms with Gasteiger partial charge in [-0.3, -0.25) is 4.79 Å². The van der Waals surface area contributed by atoms with Gasteiger partial charge in [0, 0.05) is 5.02 Å². The van der Waals surface area contributed by atoms with E-state index in [2.05, 4.69) is 12.2 Å². The van der Waals surface area contributed by atoms with Gasteiger partial charge in [0.1, 0.15) is 5.82 Å². The number of hydrogen-bond acceptors (Lipinski definition) is 1. The SMILES string of the molecule is CCc1ccc(C(C)NC(=O)c2cc(Cl)ccc2F)cc1. The largest absolute Gasteiger partial charge is 0.345 e. The number of nitrogens with one attached hydrogen (secondary N) is 1. The Bertz CT molecular complexity index is 640. The maximum atomic E-state index is 13.7. The number of carbonyl (C=O) groups is 1. The molecule has 1 amide bonds. The first-order valence-electron chi connectivity index (χ1n) is 6.86. The van der Waals surface area contributed by atoms with E-state index >= 15 is 0 Å². The summed E-state index contributed by atoms with van der Waals surface area (Å²) in [5.74, 6) is -1.05. The van der Waals surface area contributed by atoms with E-state index in [0.717, 1.165) is 12.0 Å². The van der Waals surface area contributed by atoms with Crippen molar-refractivity contribution in [1.82, 2.24) is 5.32 Å². The van der Waals surface area contributed by atoms with Crippen molar-refractivity contribution < 1.29 is 9.18 Å². The van der Waals surface area contributed by atoms with E-state index < -0.39 is 11.7 Å². The maximum Gasteiger partial charge on any atom is 0.254 e. The summed E-state index contributed by atoms with van der Waals surface area (Å²) in [6.45, 7) is 3.95. The second-order valence-corrected chi connectivity index (χ2v) is 5.35. The molecule has 1 atom stereocenters. The van der Waals surface area contributed by atoms with Crippen molar-refractivity contribution in [3.63, 3.8) is 0 Å². The number of rotatable bonds is 4. The summed E-state index contributed by atoms with van der Waals surface area (Å²) in [6.07, 6.45) is 0.967. The van der Waals surface area contributed by atoms with Crippen molar-refractivity contribution in [3.05, 3.63) is 70.0 Å². The second kappa shape index (κ2) is 6.72. The highest BCUT2D eigenvalue weighted by atomic mass is 35.5. The van der Waals surface area contributed by atoms with Gasteiger partial charge in [0.05, 0.1) is 11.6 Å². The lowest BCUT2D eigenvalue weighted by atomic mass is 10.0. The average Bonchev–Trinajstić information content (AvgIpc) is 2.49. The molecule has 0 bridgehead atoms. The highest BCUT2D eigenvalue weighted by Crippen LogP contribution is 2.18. The molecule has 0 aliphatic rings. The van der Waals surface area contributed by atoms with Crippen LogP contribution in [0.5, 0.6) is 0 Å². The predicted octanol–water partition coefficient (Wildman–Crippen LogP) is 4.53. The summed E-state index contributed by atoms with van der Waals surface area (Å²) in [7, 11) is 0. The van der Waals surface area contributed by atoms with Gasteiger partial charge in [-0.15, -0.1) is 0 Å². The Kier molecular flexibility index (Phi) is 4.97. The molecule has 110 valence electrons. The van der Waals surface area contributed by atoms with Crippen LogP contribution < -0.4 is 5.32 Å². The van der Waals surface area contributed by atoms with E-state index in [1.807, 2.05) is 31.2 Å². The summed E-state index contributed by atoms with van der Waals surface area (Å²) >= 11 is 5.80. The summed E-state index contributed by atoms with van der Waals surface area (Å²) in [6, 6.07) is 11.7. The number of aryl methyl sites for hydroxylation is 1. The molecule has 2 aromatic carbocycles. The molecule has 0 fully saturated rings. The Morgan fingerprint density at radius 2 is 1.90 bits per heavy atom. The number of benzene rings is 2. The fourth-order valence-corrected chi connectivity index (χ4v) is 2.24. The normalized spacial score (nSPS) is 12.0. The molecule has 2 nitrogen and oxygen atoms in total. The molecule has 0 spiro atoms. The summed E-state index contributed by atoms with van der Waals surface area (Å²) in [5.41, 5.74) is 2.17. The highest BCUT2D eigenvalue weighted by Gasteiger charge is 2.15. The second-order valence-electron chi connectivity index (χ2n) is 4.91. The van der Waals surface area contributed by atoms with Gasteiger partial charge in [0.15, 0.2) is 0 Å². The van der Waals surface area contributed by atoms with Crippen molar-refractivity contribution in [1.29, 1.82) is 0 Å². The van der Waals surface area contributed by atoms with Gasteiger partial charge in [-0.1, -0.05) is 42.8 Å². The molecule has 21 heavy (non-hydrogen) atoms. The number of amides is 1. The van der Waals surface area contributed by atoms with Gasteiger partial charge >= 0.3 is 0 Å². The van der Waals surface area contributed by atoms with Crippen LogP contribution in [0.4, 0.5) is 4.39 Å². The minimum Gasteiger partial charge on any atom is -0.345 e. The molecule has 0 aromatic heterocycles. The Labute approximate surface area is 128 Å². The summed E-state index contributed by atoms with van der Waals surface area (Å²) in [4.78, 5) is 12.1. The third-order valence-corrected chi connectivity index (χ3v) is 3.64. The summed E-state index contributed by atoms with van der Waals surface area (Å²) in [5, 5.41) is 3.12. The molecule has 4 heteroatoms. The smallest absolute Gasteiger partial charge is 0.254 e. The molecule has 0 aliphatic heterocycles. The Balaban J connectivity index is 2.12. The molecule has 0 aliphatic carbocycles. The van der Waals surface area contributed by atoms with Gasteiger partial charge < -0.3 is 5.32 Å². The molecule has 2 aromatic rings. The minimum absolute atomic E-state index is 0.0421. The Morgan fingerprint density at radius 1 is 1.24 bits per heavy atom. The number of carbonyl (C=O) groups excluding carboxylic acids is 1. The molecule has 1 N–H and O–H groups in total. The van der Waals surface area contributed by atoms with E-state index in [0.29, 0.717) is 5.02 Å². The average molecular weight is 306 g/mol. The lowest BCUT2D eigenvalue weighted by Gasteiger charge is -2.15. The molecule has 1 unspecified atom stereocenters. The van der Waals surface area contributed by atoms with Gasteiger partial charge in [0.2, 0.25) is 0 Å². The fourth-order valence-electron chi connectivity index (χ4n) is 2.07. The lowest BCUT2D eigenvalue weighted by molar-refractivity contribution is 0.0936. The van der Waals surface area contributed by atoms with Crippen LogP contribution in [-0.4, -0.2) is 5.91 Å². The van der Waals surface area contributed by atoms with Crippen LogP contribution in [0.1, 0.15) is 41.4 Å². The quantitative estimate of drug-likeness (QED) is 0.883. The van der Waals surface area contributed by atoms with Crippen molar-refractivity contribution in [2.45, 2.75) is 26.3 Å². The molecular formula is C17H17ClFNO. The zero-order valence-corrected chi connectivity index (χ0v) is 12.7. The Hall–Kier alpha value is -1.87. The molecule has 0 saturated heterocycles. The molecule has 2 rings (SSSR count). The van der Waals surface area contributed by atoms with E-state index in [9.17, 15) is 9.18 Å². The number of hydrogen-bond donors (Lipinski definition) is 1. The zero-order valence-electron chi connectivity index (χ0n) is 12.0. The van der Waals surface area contributed by atoms with Crippen molar-refractivity contribution in [2.24, 2.45) is 0 Å². The topological polar surface area (TPSA) is 29.1 Å². The van der Waals surface area contributed by atoms with E-state index in [1.54, 1.807) is 0 Å². The third kappa shape index (κ3) is 3.82. The summed E-state index contributed by atoms with van der Waals surface area (Å²) < 4.78 is 13.7. The maximum absolute atomic E-state index is 13.7. The first kappa shape index (κ1) is 15.5. The Morgan fingerprint density at radius 3 is 2.52 bits per heavy atom. The molecule has 0 saturated carbocycles. The monoisotopic (exact) mass is 305 g/mol. The van der Waals surface area contributed by atoms with Crippen LogP contribution in [0.15, 0.2) is 42.5 Å². The van der Waals surface area contributed by atoms with E-state index in [1.165, 1.54) is 23.8 Å². The van der Waals surface area contributed by atoms with Gasteiger partial charge in [-0.2, -0.15) is 0 Å². The van der Waals surface area contributed by atoms with Crippen LogP contribution in [-0.2, 0) is 6.42 Å². The predicted molar refractivity (Wildman–Crippen MR) is 83.1 cm³/mol. The van der Waals surface area contributed by atoms with Crippen molar-refractivity contribution >= 4 is 17.5 Å².